The number of anilines is 1. The minimum absolute atomic E-state index is 0.0555. The van der Waals surface area contributed by atoms with E-state index in [-0.39, 0.29) is 9.77 Å². The van der Waals surface area contributed by atoms with Crippen LogP contribution in [0.4, 0.5) is 5.69 Å². The van der Waals surface area contributed by atoms with Gasteiger partial charge < -0.3 is 10.1 Å². The molecule has 1 aromatic carbocycles. The van der Waals surface area contributed by atoms with Gasteiger partial charge >= 0.3 is 5.97 Å². The van der Waals surface area contributed by atoms with E-state index in [2.05, 4.69) is 10.1 Å². The number of esters is 1. The molecule has 0 unspecified atom stereocenters. The Bertz CT molecular complexity index is 925. The number of methoxy groups -OCH3 is 1. The first-order chi connectivity index (χ1) is 11.4. The topological polar surface area (TPSA) is 96.3 Å². The van der Waals surface area contributed by atoms with Crippen molar-refractivity contribution in [3.63, 3.8) is 0 Å². The number of thiophene rings is 1. The fraction of sp³-hybridized carbons (Fsp3) is 0.0667. The maximum atomic E-state index is 12.4. The van der Waals surface area contributed by atoms with E-state index >= 15 is 0 Å². The van der Waals surface area contributed by atoms with Gasteiger partial charge in [0.2, 0.25) is 9.84 Å². The van der Waals surface area contributed by atoms with Crippen LogP contribution in [0.5, 0.6) is 0 Å². The molecule has 0 amide bonds. The second-order valence-electron chi connectivity index (χ2n) is 4.38. The van der Waals surface area contributed by atoms with Crippen LogP contribution in [0, 0.1) is 11.3 Å². The molecule has 0 saturated carbocycles. The van der Waals surface area contributed by atoms with Crippen LogP contribution < -0.4 is 5.32 Å². The maximum absolute atomic E-state index is 12.4. The first kappa shape index (κ1) is 18.0. The quantitative estimate of drug-likeness (QED) is 0.628. The monoisotopic (exact) mass is 382 g/mol. The zero-order valence-electron chi connectivity index (χ0n) is 12.3. The van der Waals surface area contributed by atoms with Crippen molar-refractivity contribution < 1.29 is 17.9 Å². The highest BCUT2D eigenvalue weighted by Crippen LogP contribution is 2.25. The molecule has 0 bridgehead atoms. The number of benzene rings is 1. The highest BCUT2D eigenvalue weighted by molar-refractivity contribution is 7.95. The van der Waals surface area contributed by atoms with Crippen LogP contribution in [0.1, 0.15) is 9.67 Å². The van der Waals surface area contributed by atoms with Crippen molar-refractivity contribution in [1.82, 2.24) is 0 Å². The standard InChI is InChI=1S/C15H11ClN2O4S2/c1-22-15(19)14-13(6-7-23-14)18-9-12(8-17)24(20,21)11-4-2-10(16)3-5-11/h2-7,9,18H,1H3. The third kappa shape index (κ3) is 3.76. The Morgan fingerprint density at radius 2 is 2.00 bits per heavy atom. The van der Waals surface area contributed by atoms with E-state index in [1.165, 1.54) is 31.4 Å². The minimum atomic E-state index is -3.99. The summed E-state index contributed by atoms with van der Waals surface area (Å²) >= 11 is 6.87. The average molecular weight is 383 g/mol. The van der Waals surface area contributed by atoms with Gasteiger partial charge in [0.05, 0.1) is 17.7 Å². The van der Waals surface area contributed by atoms with E-state index in [1.807, 2.05) is 0 Å². The van der Waals surface area contributed by atoms with Gasteiger partial charge in [-0.15, -0.1) is 11.3 Å². The van der Waals surface area contributed by atoms with Crippen LogP contribution in [0.3, 0.4) is 0 Å². The van der Waals surface area contributed by atoms with E-state index in [0.29, 0.717) is 10.7 Å². The molecule has 1 heterocycles. The zero-order chi connectivity index (χ0) is 17.7. The number of carbonyl (C=O) groups excluding carboxylic acids is 1. The molecule has 0 aliphatic rings. The number of carbonyl (C=O) groups is 1. The van der Waals surface area contributed by atoms with Gasteiger partial charge in [-0.25, -0.2) is 13.2 Å². The van der Waals surface area contributed by atoms with E-state index in [0.717, 1.165) is 17.5 Å². The van der Waals surface area contributed by atoms with Crippen molar-refractivity contribution in [3.05, 3.63) is 56.7 Å². The molecular formula is C15H11ClN2O4S2. The maximum Gasteiger partial charge on any atom is 0.350 e. The third-order valence-corrected chi connectivity index (χ3v) is 5.75. The van der Waals surface area contributed by atoms with Crippen LogP contribution in [-0.2, 0) is 14.6 Å². The first-order valence-corrected chi connectivity index (χ1v) is 9.17. The van der Waals surface area contributed by atoms with Gasteiger partial charge in [-0.05, 0) is 35.7 Å². The van der Waals surface area contributed by atoms with Crippen LogP contribution in [0.15, 0.2) is 51.7 Å². The molecule has 124 valence electrons. The van der Waals surface area contributed by atoms with Gasteiger partial charge in [0.1, 0.15) is 10.9 Å². The van der Waals surface area contributed by atoms with Crippen LogP contribution >= 0.6 is 22.9 Å². The molecule has 0 saturated heterocycles. The smallest absolute Gasteiger partial charge is 0.350 e. The Balaban J connectivity index is 2.33. The summed E-state index contributed by atoms with van der Waals surface area (Å²) in [6.07, 6.45) is 1.04. The van der Waals surface area contributed by atoms with Gasteiger partial charge in [-0.2, -0.15) is 5.26 Å². The molecule has 1 aromatic heterocycles. The molecule has 2 rings (SSSR count). The van der Waals surface area contributed by atoms with Gasteiger partial charge in [-0.1, -0.05) is 11.6 Å². The Hall–Kier alpha value is -2.34. The number of hydrogen-bond donors (Lipinski definition) is 1. The number of nitriles is 1. The Labute approximate surface area is 147 Å². The molecule has 24 heavy (non-hydrogen) atoms. The molecule has 0 fully saturated rings. The van der Waals surface area contributed by atoms with Gasteiger partial charge in [-0.3, -0.25) is 0 Å². The third-order valence-electron chi connectivity index (χ3n) is 2.92. The number of nitrogens with one attached hydrogen (secondary N) is 1. The Morgan fingerprint density at radius 3 is 2.58 bits per heavy atom. The van der Waals surface area contributed by atoms with Crippen LogP contribution in [0.2, 0.25) is 5.02 Å². The number of nitrogens with zero attached hydrogens (tertiary/aromatic N) is 1. The normalized spacial score (nSPS) is 11.6. The van der Waals surface area contributed by atoms with Crippen molar-refractivity contribution in [3.8, 4) is 6.07 Å². The summed E-state index contributed by atoms with van der Waals surface area (Å²) in [5.41, 5.74) is 0.353. The number of rotatable bonds is 5. The molecule has 9 heteroatoms. The zero-order valence-corrected chi connectivity index (χ0v) is 14.7. The average Bonchev–Trinajstić information content (AvgIpc) is 3.03. The Morgan fingerprint density at radius 1 is 1.33 bits per heavy atom. The van der Waals surface area contributed by atoms with Crippen molar-refractivity contribution in [2.75, 3.05) is 12.4 Å². The Kier molecular flexibility index (Phi) is 5.62. The lowest BCUT2D eigenvalue weighted by molar-refractivity contribution is 0.0607. The fourth-order valence-electron chi connectivity index (χ4n) is 1.73. The van der Waals surface area contributed by atoms with Crippen molar-refractivity contribution >= 4 is 44.4 Å². The number of ether oxygens (including phenoxy) is 1. The lowest BCUT2D eigenvalue weighted by atomic mass is 10.4. The summed E-state index contributed by atoms with van der Waals surface area (Å²) < 4.78 is 29.5. The van der Waals surface area contributed by atoms with Crippen LogP contribution in [0.25, 0.3) is 0 Å². The lowest BCUT2D eigenvalue weighted by Crippen LogP contribution is -2.07. The van der Waals surface area contributed by atoms with E-state index in [9.17, 15) is 18.5 Å². The second kappa shape index (κ2) is 7.49. The summed E-state index contributed by atoms with van der Waals surface area (Å²) in [4.78, 5) is 11.3. The van der Waals surface area contributed by atoms with Crippen molar-refractivity contribution in [2.45, 2.75) is 4.90 Å². The second-order valence-corrected chi connectivity index (χ2v) is 7.65. The highest BCUT2D eigenvalue weighted by Gasteiger charge is 2.21. The lowest BCUT2D eigenvalue weighted by Gasteiger charge is -2.05. The van der Waals surface area contributed by atoms with Gasteiger partial charge in [0, 0.05) is 11.2 Å². The fourth-order valence-corrected chi connectivity index (χ4v) is 3.71. The SMILES string of the molecule is COC(=O)c1sccc1NC=C(C#N)S(=O)(=O)c1ccc(Cl)cc1. The van der Waals surface area contributed by atoms with E-state index in [4.69, 9.17) is 11.6 Å². The summed E-state index contributed by atoms with van der Waals surface area (Å²) in [5.74, 6) is -0.556. The van der Waals surface area contributed by atoms with Gasteiger partial charge in [0.15, 0.2) is 4.91 Å². The largest absolute Gasteiger partial charge is 0.465 e. The van der Waals surface area contributed by atoms with E-state index < -0.39 is 20.7 Å². The molecule has 1 N–H and O–H groups in total. The number of hydrogen-bond acceptors (Lipinski definition) is 7. The minimum Gasteiger partial charge on any atom is -0.465 e. The number of halogens is 1. The summed E-state index contributed by atoms with van der Waals surface area (Å²) in [5, 5.41) is 13.9. The molecule has 6 nitrogen and oxygen atoms in total. The molecule has 0 atom stereocenters. The number of allylic oxidation sites excluding steroid dienone is 1. The van der Waals surface area contributed by atoms with Gasteiger partial charge in [0.25, 0.3) is 0 Å². The highest BCUT2D eigenvalue weighted by atomic mass is 35.5. The molecular weight excluding hydrogens is 372 g/mol. The number of sulfone groups is 1. The van der Waals surface area contributed by atoms with Crippen LogP contribution in [-0.4, -0.2) is 21.5 Å². The summed E-state index contributed by atoms with van der Waals surface area (Å²) in [6.45, 7) is 0. The molecule has 0 radical (unpaired) electrons. The first-order valence-electron chi connectivity index (χ1n) is 6.43. The summed E-state index contributed by atoms with van der Waals surface area (Å²) in [6, 6.07) is 8.70. The van der Waals surface area contributed by atoms with E-state index in [1.54, 1.807) is 17.5 Å². The summed E-state index contributed by atoms with van der Waals surface area (Å²) in [7, 11) is -2.75. The molecule has 0 spiro atoms. The predicted molar refractivity (Wildman–Crippen MR) is 91.6 cm³/mol. The molecule has 2 aromatic rings. The van der Waals surface area contributed by atoms with Crippen molar-refractivity contribution in [2.24, 2.45) is 0 Å². The van der Waals surface area contributed by atoms with Crippen molar-refractivity contribution in [1.29, 1.82) is 5.26 Å². The molecule has 0 aliphatic carbocycles. The predicted octanol–water partition coefficient (Wildman–Crippen LogP) is 3.44. The molecule has 0 aliphatic heterocycles.